The molecule has 0 fully saturated rings. The average Bonchev–Trinajstić information content (AvgIpc) is 3.50. The molecule has 0 bridgehead atoms. The molecule has 0 aliphatic heterocycles. The van der Waals surface area contributed by atoms with Gasteiger partial charge in [-0.15, -0.1) is 0 Å². The van der Waals surface area contributed by atoms with Crippen molar-refractivity contribution in [1.29, 1.82) is 0 Å². The van der Waals surface area contributed by atoms with Gasteiger partial charge in [0.2, 0.25) is 0 Å². The van der Waals surface area contributed by atoms with Crippen LogP contribution in [0, 0.1) is 0 Å². The van der Waals surface area contributed by atoms with E-state index in [1.165, 1.54) is 31.2 Å². The summed E-state index contributed by atoms with van der Waals surface area (Å²) in [6.07, 6.45) is 0.0885. The van der Waals surface area contributed by atoms with Gasteiger partial charge in [-0.1, -0.05) is 71.3 Å². The maximum atomic E-state index is 13.8. The fourth-order valence-electron chi connectivity index (χ4n) is 4.97. The Kier molecular flexibility index (Phi) is 10.2. The van der Waals surface area contributed by atoms with Gasteiger partial charge in [0.1, 0.15) is 11.3 Å². The number of benzene rings is 4. The number of hydrogen-bond acceptors (Lipinski definition) is 9. The van der Waals surface area contributed by atoms with Crippen molar-refractivity contribution < 1.29 is 30.8 Å². The van der Waals surface area contributed by atoms with E-state index in [4.69, 9.17) is 9.15 Å². The van der Waals surface area contributed by atoms with Crippen molar-refractivity contribution in [3.8, 4) is 5.75 Å². The number of Topliss-reactive ketones (excluding diaryl/α,β-unsaturated/α-hetero) is 1. The molecule has 0 spiro atoms. The van der Waals surface area contributed by atoms with Crippen LogP contribution in [0.1, 0.15) is 32.3 Å². The van der Waals surface area contributed by atoms with Gasteiger partial charge in [-0.2, -0.15) is 4.98 Å². The number of sulfonamides is 2. The monoisotopic (exact) mass is 661 g/mol. The van der Waals surface area contributed by atoms with Crippen molar-refractivity contribution in [2.24, 2.45) is 0 Å². The van der Waals surface area contributed by atoms with Crippen LogP contribution < -0.4 is 9.64 Å². The number of oxazole rings is 1. The number of carbonyl (C=O) groups is 1. The summed E-state index contributed by atoms with van der Waals surface area (Å²) in [6.45, 7) is 3.54. The lowest BCUT2D eigenvalue weighted by Gasteiger charge is -2.25. The van der Waals surface area contributed by atoms with E-state index in [9.17, 15) is 21.6 Å². The summed E-state index contributed by atoms with van der Waals surface area (Å²) in [4.78, 5) is 18.2. The molecule has 1 atom stereocenters. The lowest BCUT2D eigenvalue weighted by Crippen LogP contribution is -2.39. The first kappa shape index (κ1) is 32.9. The van der Waals surface area contributed by atoms with E-state index in [0.29, 0.717) is 33.0 Å². The molecule has 0 saturated carbocycles. The molecule has 0 amide bonds. The number of para-hydroxylation sites is 2. The Morgan fingerprint density at radius 1 is 0.804 bits per heavy atom. The fraction of sp³-hybridized carbons (Fsp3) is 0.235. The van der Waals surface area contributed by atoms with Crippen LogP contribution in [0.3, 0.4) is 0 Å². The largest absolute Gasteiger partial charge is 0.483 e. The zero-order valence-electron chi connectivity index (χ0n) is 25.5. The van der Waals surface area contributed by atoms with Crippen molar-refractivity contribution in [3.63, 3.8) is 0 Å². The fourth-order valence-corrected chi connectivity index (χ4v) is 8.73. The van der Waals surface area contributed by atoms with Crippen LogP contribution in [0.5, 0.6) is 5.75 Å². The van der Waals surface area contributed by atoms with E-state index in [2.05, 4.69) is 4.98 Å². The zero-order valence-corrected chi connectivity index (χ0v) is 27.2. The maximum absolute atomic E-state index is 13.8. The minimum Gasteiger partial charge on any atom is -0.483 e. The highest BCUT2D eigenvalue weighted by Crippen LogP contribution is 2.27. The molecule has 5 aromatic rings. The number of hydrogen-bond donors (Lipinski definition) is 0. The molecule has 4 aromatic carbocycles. The zero-order chi connectivity index (χ0) is 32.7. The molecule has 0 radical (unpaired) electrons. The minimum absolute atomic E-state index is 0.0681. The number of carbonyl (C=O) groups excluding carboxylic acids is 1. The second kappa shape index (κ2) is 14.3. The number of aromatic nitrogens is 1. The molecule has 12 heteroatoms. The van der Waals surface area contributed by atoms with Gasteiger partial charge in [-0.05, 0) is 73.9 Å². The molecule has 5 rings (SSSR count). The second-order valence-electron chi connectivity index (χ2n) is 10.6. The Morgan fingerprint density at radius 2 is 1.41 bits per heavy atom. The van der Waals surface area contributed by atoms with Gasteiger partial charge in [-0.3, -0.25) is 4.79 Å². The summed E-state index contributed by atoms with van der Waals surface area (Å²) in [5.74, 6) is 0.465. The lowest BCUT2D eigenvalue weighted by atomic mass is 10.1. The maximum Gasteiger partial charge on any atom is 0.298 e. The van der Waals surface area contributed by atoms with E-state index in [-0.39, 0.29) is 41.6 Å². The highest BCUT2D eigenvalue weighted by Gasteiger charge is 2.36. The number of anilines is 1. The predicted molar refractivity (Wildman–Crippen MR) is 175 cm³/mol. The molecule has 240 valence electrons. The molecule has 0 N–H and O–H groups in total. The van der Waals surface area contributed by atoms with Crippen molar-refractivity contribution in [2.75, 3.05) is 18.0 Å². The Bertz CT molecular complexity index is 1900. The summed E-state index contributed by atoms with van der Waals surface area (Å²) < 4.78 is 67.6. The Morgan fingerprint density at radius 3 is 2.00 bits per heavy atom. The van der Waals surface area contributed by atoms with Crippen molar-refractivity contribution in [2.45, 2.75) is 49.1 Å². The molecule has 1 unspecified atom stereocenters. The molecule has 46 heavy (non-hydrogen) atoms. The van der Waals surface area contributed by atoms with E-state index in [1.807, 2.05) is 48.2 Å². The molecular weight excluding hydrogens is 627 g/mol. The van der Waals surface area contributed by atoms with Gasteiger partial charge in [-0.25, -0.2) is 16.8 Å². The number of nitrogens with zero attached hydrogens (tertiary/aromatic N) is 3. The SMILES string of the molecule is CCC(Oc1cccc(CN(CCCN(S(=O)(=O)c2ccccc2)S(=O)(=O)c2ccccc2)c2nc3ccccc3o2)c1)C(C)=O. The first-order valence-corrected chi connectivity index (χ1v) is 17.7. The summed E-state index contributed by atoms with van der Waals surface area (Å²) in [5.41, 5.74) is 2.04. The summed E-state index contributed by atoms with van der Waals surface area (Å²) >= 11 is 0. The molecule has 0 aliphatic carbocycles. The quantitative estimate of drug-likeness (QED) is 0.132. The first-order valence-electron chi connectivity index (χ1n) is 14.8. The normalized spacial score (nSPS) is 12.7. The van der Waals surface area contributed by atoms with Crippen molar-refractivity contribution in [1.82, 2.24) is 8.69 Å². The highest BCUT2D eigenvalue weighted by molar-refractivity contribution is 8.04. The van der Waals surface area contributed by atoms with E-state index in [1.54, 1.807) is 48.5 Å². The third kappa shape index (κ3) is 7.47. The summed E-state index contributed by atoms with van der Waals surface area (Å²) in [6, 6.07) is 29.9. The average molecular weight is 662 g/mol. The Hall–Kier alpha value is -4.52. The summed E-state index contributed by atoms with van der Waals surface area (Å²) in [5, 5.41) is 0. The number of ether oxygens (including phenoxy) is 1. The van der Waals surface area contributed by atoms with Gasteiger partial charge < -0.3 is 14.1 Å². The van der Waals surface area contributed by atoms with E-state index in [0.717, 1.165) is 5.56 Å². The number of fused-ring (bicyclic) bond motifs is 1. The topological polar surface area (TPSA) is 127 Å². The van der Waals surface area contributed by atoms with E-state index >= 15 is 0 Å². The first-order chi connectivity index (χ1) is 22.1. The standard InChI is InChI=1S/C34H35N3O7S2/c1-3-32(26(2)38)43-28-15-12-14-27(24-28)25-36(34-35-31-20-10-11-21-33(31)44-34)22-13-23-37(45(39,40)29-16-6-4-7-17-29)46(41,42)30-18-8-5-9-19-30/h4-12,14-21,24,32H,3,13,22-23,25H2,1-2H3. The van der Waals surface area contributed by atoms with Crippen molar-refractivity contribution >= 4 is 42.9 Å². The number of rotatable bonds is 15. The molecule has 10 nitrogen and oxygen atoms in total. The van der Waals surface area contributed by atoms with Crippen LogP contribution in [0.25, 0.3) is 11.1 Å². The third-order valence-corrected chi connectivity index (χ3v) is 11.7. The smallest absolute Gasteiger partial charge is 0.298 e. The van der Waals surface area contributed by atoms with Gasteiger partial charge >= 0.3 is 0 Å². The van der Waals surface area contributed by atoms with Gasteiger partial charge in [0.05, 0.1) is 9.79 Å². The third-order valence-electron chi connectivity index (χ3n) is 7.31. The minimum atomic E-state index is -4.43. The van der Waals surface area contributed by atoms with Crippen LogP contribution in [-0.4, -0.2) is 50.5 Å². The molecule has 1 heterocycles. The van der Waals surface area contributed by atoms with Crippen molar-refractivity contribution in [3.05, 3.63) is 115 Å². The van der Waals surface area contributed by atoms with Gasteiger partial charge in [0, 0.05) is 19.6 Å². The van der Waals surface area contributed by atoms with E-state index < -0.39 is 26.2 Å². The van der Waals surface area contributed by atoms with Crippen LogP contribution in [0.2, 0.25) is 0 Å². The number of ketones is 1. The van der Waals surface area contributed by atoms with Crippen LogP contribution in [0.4, 0.5) is 6.01 Å². The van der Waals surface area contributed by atoms with Crippen LogP contribution in [-0.2, 0) is 31.4 Å². The van der Waals surface area contributed by atoms with Crippen LogP contribution in [0.15, 0.2) is 123 Å². The molecule has 0 saturated heterocycles. The Balaban J connectivity index is 1.44. The lowest BCUT2D eigenvalue weighted by molar-refractivity contribution is -0.123. The predicted octanol–water partition coefficient (Wildman–Crippen LogP) is 6.05. The molecule has 1 aromatic heterocycles. The highest BCUT2D eigenvalue weighted by atomic mass is 32.3. The van der Waals surface area contributed by atoms with Gasteiger partial charge in [0.15, 0.2) is 17.5 Å². The Labute approximate surface area is 269 Å². The second-order valence-corrected chi connectivity index (χ2v) is 14.6. The molecule has 0 aliphatic rings. The van der Waals surface area contributed by atoms with Gasteiger partial charge in [0.25, 0.3) is 26.1 Å². The summed E-state index contributed by atoms with van der Waals surface area (Å²) in [7, 11) is -8.86. The molecular formula is C34H35N3O7S2. The van der Waals surface area contributed by atoms with Crippen LogP contribution >= 0.6 is 0 Å².